The second-order valence-corrected chi connectivity index (χ2v) is 4.35. The van der Waals surface area contributed by atoms with E-state index in [4.69, 9.17) is 9.84 Å². The van der Waals surface area contributed by atoms with Crippen molar-refractivity contribution in [3.63, 3.8) is 0 Å². The first-order valence-corrected chi connectivity index (χ1v) is 5.82. The number of ether oxygens (including phenoxy) is 1. The van der Waals surface area contributed by atoms with Gasteiger partial charge in [-0.2, -0.15) is 0 Å². The van der Waals surface area contributed by atoms with Crippen LogP contribution in [-0.2, 0) is 20.9 Å². The number of hydrogen-bond acceptors (Lipinski definition) is 4. The smallest absolute Gasteiger partial charge is 0.308 e. The Bertz CT molecular complexity index is 446. The van der Waals surface area contributed by atoms with Crippen LogP contribution in [0.25, 0.3) is 0 Å². The molecule has 5 nitrogen and oxygen atoms in total. The van der Waals surface area contributed by atoms with Crippen LogP contribution < -0.4 is 4.90 Å². The van der Waals surface area contributed by atoms with Crippen LogP contribution in [0.15, 0.2) is 24.3 Å². The van der Waals surface area contributed by atoms with Crippen LogP contribution in [0, 0.1) is 5.92 Å². The number of rotatable bonds is 5. The van der Waals surface area contributed by atoms with Gasteiger partial charge in [-0.25, -0.2) is 0 Å². The summed E-state index contributed by atoms with van der Waals surface area (Å²) in [6.45, 7) is 1.94. The average Bonchev–Trinajstić information content (AvgIpc) is 2.86. The maximum atomic E-state index is 10.9. The average molecular weight is 249 g/mol. The van der Waals surface area contributed by atoms with Crippen molar-refractivity contribution in [2.75, 3.05) is 18.0 Å². The first-order valence-electron chi connectivity index (χ1n) is 5.82. The van der Waals surface area contributed by atoms with Gasteiger partial charge in [-0.3, -0.25) is 9.59 Å². The largest absolute Gasteiger partial charge is 0.481 e. The van der Waals surface area contributed by atoms with E-state index < -0.39 is 5.97 Å². The molecular formula is C13H15NO4. The monoisotopic (exact) mass is 249 g/mol. The van der Waals surface area contributed by atoms with Gasteiger partial charge in [-0.15, -0.1) is 0 Å². The van der Waals surface area contributed by atoms with E-state index in [1.807, 2.05) is 29.2 Å². The Hall–Kier alpha value is -2.04. The maximum Gasteiger partial charge on any atom is 0.308 e. The lowest BCUT2D eigenvalue weighted by molar-refractivity contribution is -0.141. The maximum absolute atomic E-state index is 10.9. The van der Waals surface area contributed by atoms with Gasteiger partial charge in [0, 0.05) is 18.8 Å². The summed E-state index contributed by atoms with van der Waals surface area (Å²) in [6.07, 6.45) is 0.671. The highest BCUT2D eigenvalue weighted by molar-refractivity contribution is 5.72. The van der Waals surface area contributed by atoms with Gasteiger partial charge in [0.15, 0.2) is 0 Å². The number of carboxylic acids is 1. The molecule has 1 aromatic rings. The zero-order valence-corrected chi connectivity index (χ0v) is 9.91. The molecule has 0 radical (unpaired) electrons. The molecule has 1 N–H and O–H groups in total. The Labute approximate surface area is 105 Å². The van der Waals surface area contributed by atoms with Crippen molar-refractivity contribution in [3.05, 3.63) is 29.8 Å². The Morgan fingerprint density at radius 1 is 1.56 bits per heavy atom. The lowest BCUT2D eigenvalue weighted by Gasteiger charge is -2.18. The lowest BCUT2D eigenvalue weighted by atomic mass is 10.1. The third-order valence-corrected chi connectivity index (χ3v) is 3.13. The number of carboxylic acid groups (broad SMARTS) is 1. The van der Waals surface area contributed by atoms with E-state index in [1.165, 1.54) is 0 Å². The van der Waals surface area contributed by atoms with E-state index in [0.717, 1.165) is 17.8 Å². The molecule has 0 bridgehead atoms. The molecule has 1 aromatic carbocycles. The van der Waals surface area contributed by atoms with Crippen molar-refractivity contribution in [1.29, 1.82) is 0 Å². The van der Waals surface area contributed by atoms with Gasteiger partial charge in [0.2, 0.25) is 0 Å². The molecule has 0 saturated carbocycles. The topological polar surface area (TPSA) is 66.8 Å². The normalized spacial score (nSPS) is 18.7. The van der Waals surface area contributed by atoms with Gasteiger partial charge in [0.1, 0.15) is 6.61 Å². The molecular weight excluding hydrogens is 234 g/mol. The second-order valence-electron chi connectivity index (χ2n) is 4.35. The van der Waals surface area contributed by atoms with Crippen LogP contribution in [0.3, 0.4) is 0 Å². The predicted molar refractivity (Wildman–Crippen MR) is 65.3 cm³/mol. The third-order valence-electron chi connectivity index (χ3n) is 3.13. The van der Waals surface area contributed by atoms with Crippen LogP contribution >= 0.6 is 0 Å². The molecule has 1 aliphatic rings. The summed E-state index contributed by atoms with van der Waals surface area (Å²) in [4.78, 5) is 23.1. The molecule has 0 unspecified atom stereocenters. The standard InChI is InChI=1S/C13H15NO4/c15-9-18-8-10-2-1-3-12(6-10)14-5-4-11(7-14)13(16)17/h1-3,6,9,11H,4-5,7-8H2,(H,16,17)/t11-/m0/s1. The summed E-state index contributed by atoms with van der Waals surface area (Å²) >= 11 is 0. The Morgan fingerprint density at radius 3 is 3.06 bits per heavy atom. The summed E-state index contributed by atoms with van der Waals surface area (Å²) in [5, 5.41) is 8.96. The van der Waals surface area contributed by atoms with Crippen LogP contribution in [0.4, 0.5) is 5.69 Å². The van der Waals surface area contributed by atoms with Crippen LogP contribution in [0.1, 0.15) is 12.0 Å². The first-order chi connectivity index (χ1) is 8.70. The number of nitrogens with zero attached hydrogens (tertiary/aromatic N) is 1. The van der Waals surface area contributed by atoms with E-state index in [0.29, 0.717) is 19.4 Å². The Balaban J connectivity index is 2.05. The molecule has 96 valence electrons. The van der Waals surface area contributed by atoms with E-state index in [2.05, 4.69) is 0 Å². The summed E-state index contributed by atoms with van der Waals surface area (Å²) in [7, 11) is 0. The van der Waals surface area contributed by atoms with E-state index in [-0.39, 0.29) is 12.5 Å². The third kappa shape index (κ3) is 2.80. The quantitative estimate of drug-likeness (QED) is 0.796. The second kappa shape index (κ2) is 5.53. The zero-order valence-electron chi connectivity index (χ0n) is 9.91. The summed E-state index contributed by atoms with van der Waals surface area (Å²) in [5.74, 6) is -1.03. The van der Waals surface area contributed by atoms with Crippen LogP contribution in [0.5, 0.6) is 0 Å². The van der Waals surface area contributed by atoms with Crippen molar-refractivity contribution < 1.29 is 19.4 Å². The fourth-order valence-electron chi connectivity index (χ4n) is 2.17. The molecule has 2 rings (SSSR count). The molecule has 0 amide bonds. The minimum atomic E-state index is -0.738. The first kappa shape index (κ1) is 12.4. The molecule has 0 aliphatic carbocycles. The van der Waals surface area contributed by atoms with Crippen LogP contribution in [-0.4, -0.2) is 30.6 Å². The molecule has 1 heterocycles. The summed E-state index contributed by atoms with van der Waals surface area (Å²) in [6, 6.07) is 7.62. The highest BCUT2D eigenvalue weighted by Crippen LogP contribution is 2.24. The predicted octanol–water partition coefficient (Wildman–Crippen LogP) is 1.27. The molecule has 0 aromatic heterocycles. The molecule has 18 heavy (non-hydrogen) atoms. The minimum absolute atomic E-state index is 0.244. The Morgan fingerprint density at radius 2 is 2.39 bits per heavy atom. The molecule has 1 saturated heterocycles. The molecule has 1 atom stereocenters. The van der Waals surface area contributed by atoms with Gasteiger partial charge in [-0.05, 0) is 24.1 Å². The highest BCUT2D eigenvalue weighted by atomic mass is 16.5. The van der Waals surface area contributed by atoms with Crippen molar-refractivity contribution in [1.82, 2.24) is 0 Å². The zero-order chi connectivity index (χ0) is 13.0. The van der Waals surface area contributed by atoms with Gasteiger partial charge in [0.25, 0.3) is 6.47 Å². The SMILES string of the molecule is O=COCc1cccc(N2CC[C@H](C(=O)O)C2)c1. The van der Waals surface area contributed by atoms with Crippen molar-refractivity contribution in [2.24, 2.45) is 5.92 Å². The van der Waals surface area contributed by atoms with Gasteiger partial charge in [-0.1, -0.05) is 12.1 Å². The summed E-state index contributed by atoms with van der Waals surface area (Å²) in [5.41, 5.74) is 1.88. The van der Waals surface area contributed by atoms with Crippen molar-refractivity contribution in [2.45, 2.75) is 13.0 Å². The fraction of sp³-hybridized carbons (Fsp3) is 0.385. The number of benzene rings is 1. The minimum Gasteiger partial charge on any atom is -0.481 e. The highest BCUT2D eigenvalue weighted by Gasteiger charge is 2.28. The number of carbonyl (C=O) groups is 2. The fourth-order valence-corrected chi connectivity index (χ4v) is 2.17. The number of carbonyl (C=O) groups excluding carboxylic acids is 1. The van der Waals surface area contributed by atoms with Crippen molar-refractivity contribution >= 4 is 18.1 Å². The number of aliphatic carboxylic acids is 1. The number of hydrogen-bond donors (Lipinski definition) is 1. The van der Waals surface area contributed by atoms with Crippen LogP contribution in [0.2, 0.25) is 0 Å². The molecule has 0 spiro atoms. The van der Waals surface area contributed by atoms with E-state index in [1.54, 1.807) is 0 Å². The van der Waals surface area contributed by atoms with E-state index in [9.17, 15) is 9.59 Å². The Kier molecular flexibility index (Phi) is 3.82. The lowest BCUT2D eigenvalue weighted by Crippen LogP contribution is -2.22. The van der Waals surface area contributed by atoms with Crippen molar-refractivity contribution in [3.8, 4) is 0 Å². The number of anilines is 1. The molecule has 1 aliphatic heterocycles. The summed E-state index contributed by atoms with van der Waals surface area (Å²) < 4.78 is 4.70. The van der Waals surface area contributed by atoms with Gasteiger partial charge in [0.05, 0.1) is 5.92 Å². The molecule has 5 heteroatoms. The van der Waals surface area contributed by atoms with Gasteiger partial charge >= 0.3 is 5.97 Å². The van der Waals surface area contributed by atoms with E-state index >= 15 is 0 Å². The molecule has 1 fully saturated rings. The van der Waals surface area contributed by atoms with Gasteiger partial charge < -0.3 is 14.7 Å².